The molecule has 0 aliphatic carbocycles. The standard InChI is InChI=1S/C24H24ClN3O/c1-17-13-21(12-10-19-9-11-20(27(2)3)14-23(19)25)28(16-22(17)24(26)29)15-18-7-5-4-6-8-18/h4-14,16H,15H2,1-3H3,(H-,26,29)/p+1. The molecule has 3 rings (SSSR count). The van der Waals surface area contributed by atoms with Crippen molar-refractivity contribution < 1.29 is 9.36 Å². The predicted octanol–water partition coefficient (Wildman–Crippen LogP) is 4.32. The fourth-order valence-electron chi connectivity index (χ4n) is 3.14. The molecule has 0 spiro atoms. The van der Waals surface area contributed by atoms with Crippen molar-refractivity contribution in [2.24, 2.45) is 5.73 Å². The van der Waals surface area contributed by atoms with Crippen molar-refractivity contribution in [3.63, 3.8) is 0 Å². The molecule has 0 unspecified atom stereocenters. The third-order valence-electron chi connectivity index (χ3n) is 4.80. The lowest BCUT2D eigenvalue weighted by atomic mass is 10.1. The highest BCUT2D eigenvalue weighted by molar-refractivity contribution is 6.32. The molecular weight excluding hydrogens is 382 g/mol. The first-order valence-electron chi connectivity index (χ1n) is 9.38. The number of anilines is 1. The minimum atomic E-state index is -0.429. The lowest BCUT2D eigenvalue weighted by molar-refractivity contribution is -0.690. The van der Waals surface area contributed by atoms with Crippen molar-refractivity contribution in [2.45, 2.75) is 13.5 Å². The summed E-state index contributed by atoms with van der Waals surface area (Å²) in [5.41, 5.74) is 11.0. The first kappa shape index (κ1) is 20.6. The van der Waals surface area contributed by atoms with E-state index in [0.717, 1.165) is 28.1 Å². The van der Waals surface area contributed by atoms with Crippen molar-refractivity contribution in [1.29, 1.82) is 0 Å². The van der Waals surface area contributed by atoms with E-state index in [-0.39, 0.29) is 0 Å². The van der Waals surface area contributed by atoms with Gasteiger partial charge >= 0.3 is 0 Å². The van der Waals surface area contributed by atoms with Crippen molar-refractivity contribution >= 4 is 35.3 Å². The van der Waals surface area contributed by atoms with Crippen LogP contribution < -0.4 is 15.2 Å². The van der Waals surface area contributed by atoms with E-state index in [1.165, 1.54) is 0 Å². The van der Waals surface area contributed by atoms with Gasteiger partial charge in [0.15, 0.2) is 12.7 Å². The number of rotatable bonds is 6. The predicted molar refractivity (Wildman–Crippen MR) is 120 cm³/mol. The minimum absolute atomic E-state index is 0.429. The molecule has 1 heterocycles. The number of hydrogen-bond donors (Lipinski definition) is 1. The highest BCUT2D eigenvalue weighted by atomic mass is 35.5. The number of primary amides is 1. The van der Waals surface area contributed by atoms with Crippen molar-refractivity contribution in [2.75, 3.05) is 19.0 Å². The molecule has 0 fully saturated rings. The van der Waals surface area contributed by atoms with Gasteiger partial charge in [-0.2, -0.15) is 4.57 Å². The Balaban J connectivity index is 2.00. The van der Waals surface area contributed by atoms with E-state index < -0.39 is 5.91 Å². The second-order valence-electron chi connectivity index (χ2n) is 7.21. The molecule has 0 atom stereocenters. The molecule has 0 radical (unpaired) electrons. The monoisotopic (exact) mass is 406 g/mol. The number of halogens is 1. The molecule has 2 aromatic carbocycles. The largest absolute Gasteiger partial charge is 0.378 e. The number of carbonyl (C=O) groups excluding carboxylic acids is 1. The summed E-state index contributed by atoms with van der Waals surface area (Å²) in [7, 11) is 3.97. The first-order chi connectivity index (χ1) is 13.8. The van der Waals surface area contributed by atoms with Crippen LogP contribution in [0.4, 0.5) is 5.69 Å². The van der Waals surface area contributed by atoms with Crippen LogP contribution in [0.2, 0.25) is 5.02 Å². The Hall–Kier alpha value is -3.11. The van der Waals surface area contributed by atoms with Crippen LogP contribution in [0.15, 0.2) is 60.8 Å². The Morgan fingerprint density at radius 1 is 1.10 bits per heavy atom. The van der Waals surface area contributed by atoms with Crippen molar-refractivity contribution in [3.05, 3.63) is 93.8 Å². The summed E-state index contributed by atoms with van der Waals surface area (Å²) in [4.78, 5) is 13.8. The topological polar surface area (TPSA) is 50.2 Å². The van der Waals surface area contributed by atoms with E-state index in [9.17, 15) is 4.79 Å². The number of nitrogens with two attached hydrogens (primary N) is 1. The van der Waals surface area contributed by atoms with Gasteiger partial charge in [0.25, 0.3) is 5.91 Å². The summed E-state index contributed by atoms with van der Waals surface area (Å²) >= 11 is 6.46. The number of benzene rings is 2. The van der Waals surface area contributed by atoms with Crippen LogP contribution in [0, 0.1) is 6.92 Å². The van der Waals surface area contributed by atoms with E-state index in [4.69, 9.17) is 17.3 Å². The third kappa shape index (κ3) is 5.04. The lowest BCUT2D eigenvalue weighted by Crippen LogP contribution is -2.39. The van der Waals surface area contributed by atoms with Crippen LogP contribution >= 0.6 is 11.6 Å². The molecule has 0 aliphatic heterocycles. The molecule has 1 aromatic heterocycles. The Labute approximate surface area is 176 Å². The van der Waals surface area contributed by atoms with Crippen LogP contribution in [-0.2, 0) is 6.54 Å². The van der Waals surface area contributed by atoms with Gasteiger partial charge in [-0.1, -0.05) is 48.0 Å². The van der Waals surface area contributed by atoms with Gasteiger partial charge in [0, 0.05) is 42.5 Å². The quantitative estimate of drug-likeness (QED) is 0.620. The van der Waals surface area contributed by atoms with Gasteiger partial charge < -0.3 is 10.6 Å². The van der Waals surface area contributed by atoms with Gasteiger partial charge in [-0.15, -0.1) is 0 Å². The van der Waals surface area contributed by atoms with Crippen molar-refractivity contribution in [1.82, 2.24) is 0 Å². The SMILES string of the molecule is Cc1cc(/C=C/c2ccc(N(C)C)cc2Cl)[n+](Cc2ccccc2)cc1C(N)=O. The zero-order valence-electron chi connectivity index (χ0n) is 16.9. The van der Waals surface area contributed by atoms with Gasteiger partial charge in [0.05, 0.1) is 0 Å². The Morgan fingerprint density at radius 3 is 2.45 bits per heavy atom. The molecule has 29 heavy (non-hydrogen) atoms. The fourth-order valence-corrected chi connectivity index (χ4v) is 3.38. The molecule has 0 saturated heterocycles. The average molecular weight is 407 g/mol. The maximum absolute atomic E-state index is 11.8. The van der Waals surface area contributed by atoms with E-state index in [2.05, 4.69) is 12.1 Å². The Kier molecular flexibility index (Phi) is 6.35. The van der Waals surface area contributed by atoms with Crippen LogP contribution in [0.3, 0.4) is 0 Å². The van der Waals surface area contributed by atoms with E-state index >= 15 is 0 Å². The lowest BCUT2D eigenvalue weighted by Gasteiger charge is -2.13. The van der Waals surface area contributed by atoms with Gasteiger partial charge in [-0.3, -0.25) is 4.79 Å². The van der Waals surface area contributed by atoms with Gasteiger partial charge in [0.2, 0.25) is 5.69 Å². The van der Waals surface area contributed by atoms with Crippen LogP contribution in [-0.4, -0.2) is 20.0 Å². The maximum Gasteiger partial charge on any atom is 0.255 e. The number of nitrogens with zero attached hydrogens (tertiary/aromatic N) is 2. The molecule has 5 heteroatoms. The summed E-state index contributed by atoms with van der Waals surface area (Å²) in [5.74, 6) is -0.429. The Morgan fingerprint density at radius 2 is 1.83 bits per heavy atom. The zero-order chi connectivity index (χ0) is 21.0. The highest BCUT2D eigenvalue weighted by Gasteiger charge is 2.17. The summed E-state index contributed by atoms with van der Waals surface area (Å²) in [6.07, 6.45) is 5.82. The molecule has 4 nitrogen and oxygen atoms in total. The number of hydrogen-bond acceptors (Lipinski definition) is 2. The van der Waals surface area contributed by atoms with Crippen LogP contribution in [0.1, 0.15) is 32.7 Å². The minimum Gasteiger partial charge on any atom is -0.378 e. The van der Waals surface area contributed by atoms with Crippen LogP contribution in [0.5, 0.6) is 0 Å². The van der Waals surface area contributed by atoms with Crippen molar-refractivity contribution in [3.8, 4) is 0 Å². The molecule has 0 bridgehead atoms. The number of amides is 1. The third-order valence-corrected chi connectivity index (χ3v) is 5.13. The zero-order valence-corrected chi connectivity index (χ0v) is 17.6. The number of carbonyl (C=O) groups is 1. The number of aryl methyl sites for hydroxylation is 1. The number of aromatic nitrogens is 1. The first-order valence-corrected chi connectivity index (χ1v) is 9.75. The number of pyridine rings is 1. The van der Waals surface area contributed by atoms with Gasteiger partial charge in [-0.05, 0) is 36.3 Å². The fraction of sp³-hybridized carbons (Fsp3) is 0.167. The molecule has 2 N–H and O–H groups in total. The summed E-state index contributed by atoms with van der Waals surface area (Å²) in [5, 5.41) is 0.688. The van der Waals surface area contributed by atoms with E-state index in [1.807, 2.05) is 91.3 Å². The second kappa shape index (κ2) is 8.93. The average Bonchev–Trinajstić information content (AvgIpc) is 2.69. The molecule has 0 aliphatic rings. The van der Waals surface area contributed by atoms with Crippen LogP contribution in [0.25, 0.3) is 12.2 Å². The normalized spacial score (nSPS) is 11.0. The summed E-state index contributed by atoms with van der Waals surface area (Å²) in [6.45, 7) is 2.53. The summed E-state index contributed by atoms with van der Waals surface area (Å²) in [6, 6.07) is 18.1. The molecular formula is C24H25ClN3O+. The molecule has 3 aromatic rings. The maximum atomic E-state index is 11.8. The highest BCUT2D eigenvalue weighted by Crippen LogP contribution is 2.24. The second-order valence-corrected chi connectivity index (χ2v) is 7.61. The smallest absolute Gasteiger partial charge is 0.255 e. The van der Waals surface area contributed by atoms with E-state index in [1.54, 1.807) is 0 Å². The Bertz CT molecular complexity index is 1060. The molecule has 0 saturated carbocycles. The van der Waals surface area contributed by atoms with E-state index in [0.29, 0.717) is 17.1 Å². The van der Waals surface area contributed by atoms with Gasteiger partial charge in [0.1, 0.15) is 5.56 Å². The van der Waals surface area contributed by atoms with Gasteiger partial charge in [-0.25, -0.2) is 0 Å². The molecule has 148 valence electrons. The summed E-state index contributed by atoms with van der Waals surface area (Å²) < 4.78 is 2.03. The molecule has 1 amide bonds.